The SMILES string of the molecule is CC(C)NCC(C)S(=O)(=O)N(C)CCN1CCCC1. The van der Waals surface area contributed by atoms with Crippen molar-refractivity contribution < 1.29 is 8.42 Å². The number of sulfonamides is 1. The predicted molar refractivity (Wildman–Crippen MR) is 79.8 cm³/mol. The van der Waals surface area contributed by atoms with Gasteiger partial charge in [0, 0.05) is 32.7 Å². The van der Waals surface area contributed by atoms with Gasteiger partial charge in [-0.15, -0.1) is 0 Å². The van der Waals surface area contributed by atoms with Gasteiger partial charge in [-0.3, -0.25) is 0 Å². The van der Waals surface area contributed by atoms with E-state index in [1.807, 2.05) is 13.8 Å². The van der Waals surface area contributed by atoms with Crippen LogP contribution in [0.1, 0.15) is 33.6 Å². The van der Waals surface area contributed by atoms with E-state index in [1.165, 1.54) is 17.1 Å². The average molecular weight is 291 g/mol. The van der Waals surface area contributed by atoms with Gasteiger partial charge in [0.2, 0.25) is 10.0 Å². The number of likely N-dealkylation sites (N-methyl/N-ethyl adjacent to an activating group) is 1. The van der Waals surface area contributed by atoms with Crippen LogP contribution in [-0.4, -0.2) is 68.7 Å². The fraction of sp³-hybridized carbons (Fsp3) is 1.00. The van der Waals surface area contributed by atoms with Gasteiger partial charge in [-0.2, -0.15) is 0 Å². The molecule has 6 heteroatoms. The van der Waals surface area contributed by atoms with E-state index in [4.69, 9.17) is 0 Å². The number of rotatable bonds is 8. The molecule has 0 aromatic heterocycles. The molecule has 0 amide bonds. The van der Waals surface area contributed by atoms with Crippen LogP contribution < -0.4 is 5.32 Å². The van der Waals surface area contributed by atoms with Gasteiger partial charge in [-0.25, -0.2) is 12.7 Å². The Balaban J connectivity index is 2.40. The van der Waals surface area contributed by atoms with Crippen LogP contribution in [0.4, 0.5) is 0 Å². The summed E-state index contributed by atoms with van der Waals surface area (Å²) in [6.07, 6.45) is 2.48. The minimum atomic E-state index is -3.18. The van der Waals surface area contributed by atoms with Crippen LogP contribution in [0.15, 0.2) is 0 Å². The third kappa shape index (κ3) is 5.38. The number of hydrogen-bond acceptors (Lipinski definition) is 4. The fourth-order valence-corrected chi connectivity index (χ4v) is 3.49. The monoisotopic (exact) mass is 291 g/mol. The van der Waals surface area contributed by atoms with Crippen molar-refractivity contribution in [2.24, 2.45) is 0 Å². The topological polar surface area (TPSA) is 52.7 Å². The highest BCUT2D eigenvalue weighted by molar-refractivity contribution is 7.89. The van der Waals surface area contributed by atoms with Crippen molar-refractivity contribution in [1.82, 2.24) is 14.5 Å². The Hall–Kier alpha value is -0.170. The lowest BCUT2D eigenvalue weighted by molar-refractivity contribution is 0.309. The lowest BCUT2D eigenvalue weighted by Gasteiger charge is -2.25. The highest BCUT2D eigenvalue weighted by Crippen LogP contribution is 2.10. The van der Waals surface area contributed by atoms with E-state index in [9.17, 15) is 8.42 Å². The van der Waals surface area contributed by atoms with Gasteiger partial charge in [-0.05, 0) is 32.9 Å². The molecule has 0 aliphatic carbocycles. The molecule has 1 aliphatic heterocycles. The minimum Gasteiger partial charge on any atom is -0.313 e. The fourth-order valence-electron chi connectivity index (χ4n) is 2.23. The molecule has 0 aromatic rings. The Labute approximate surface area is 118 Å². The van der Waals surface area contributed by atoms with Crippen LogP contribution in [0.2, 0.25) is 0 Å². The van der Waals surface area contributed by atoms with Crippen LogP contribution in [0.25, 0.3) is 0 Å². The molecule has 19 heavy (non-hydrogen) atoms. The normalized spacial score (nSPS) is 19.5. The zero-order valence-electron chi connectivity index (χ0n) is 12.7. The molecule has 0 saturated carbocycles. The van der Waals surface area contributed by atoms with Crippen molar-refractivity contribution >= 4 is 10.0 Å². The lowest BCUT2D eigenvalue weighted by Crippen LogP contribution is -2.43. The molecule has 1 N–H and O–H groups in total. The van der Waals surface area contributed by atoms with Crippen LogP contribution in [0.5, 0.6) is 0 Å². The maximum atomic E-state index is 12.3. The van der Waals surface area contributed by atoms with Gasteiger partial charge in [-0.1, -0.05) is 13.8 Å². The second-order valence-electron chi connectivity index (χ2n) is 5.79. The summed E-state index contributed by atoms with van der Waals surface area (Å²) in [5.41, 5.74) is 0. The maximum absolute atomic E-state index is 12.3. The number of hydrogen-bond donors (Lipinski definition) is 1. The molecule has 0 spiro atoms. The highest BCUT2D eigenvalue weighted by atomic mass is 32.2. The molecule has 1 atom stereocenters. The maximum Gasteiger partial charge on any atom is 0.217 e. The standard InChI is InChI=1S/C13H29N3O2S/c1-12(2)14-11-13(3)19(17,18)15(4)9-10-16-7-5-6-8-16/h12-14H,5-11H2,1-4H3. The quantitative estimate of drug-likeness (QED) is 0.716. The van der Waals surface area contributed by atoms with Crippen LogP contribution >= 0.6 is 0 Å². The van der Waals surface area contributed by atoms with Crippen molar-refractivity contribution in [3.8, 4) is 0 Å². The first-order chi connectivity index (χ1) is 8.84. The summed E-state index contributed by atoms with van der Waals surface area (Å²) in [5, 5.41) is 2.81. The molecule has 5 nitrogen and oxygen atoms in total. The van der Waals surface area contributed by atoms with Gasteiger partial charge < -0.3 is 10.2 Å². The number of nitrogens with one attached hydrogen (secondary N) is 1. The van der Waals surface area contributed by atoms with E-state index in [0.717, 1.165) is 19.6 Å². The van der Waals surface area contributed by atoms with Crippen molar-refractivity contribution in [3.63, 3.8) is 0 Å². The first kappa shape index (κ1) is 16.9. The summed E-state index contributed by atoms with van der Waals surface area (Å²) in [6.45, 7) is 9.99. The van der Waals surface area contributed by atoms with E-state index >= 15 is 0 Å². The van der Waals surface area contributed by atoms with E-state index in [0.29, 0.717) is 19.1 Å². The van der Waals surface area contributed by atoms with Crippen molar-refractivity contribution in [2.45, 2.75) is 44.9 Å². The highest BCUT2D eigenvalue weighted by Gasteiger charge is 2.26. The third-order valence-corrected chi connectivity index (χ3v) is 5.92. The van der Waals surface area contributed by atoms with E-state index < -0.39 is 10.0 Å². The van der Waals surface area contributed by atoms with E-state index in [-0.39, 0.29) is 5.25 Å². The Kier molecular flexibility index (Phi) is 6.73. The summed E-state index contributed by atoms with van der Waals surface area (Å²) >= 11 is 0. The van der Waals surface area contributed by atoms with E-state index in [1.54, 1.807) is 14.0 Å². The molecular formula is C13H29N3O2S. The van der Waals surface area contributed by atoms with Crippen molar-refractivity contribution in [2.75, 3.05) is 39.8 Å². The van der Waals surface area contributed by atoms with Gasteiger partial charge in [0.25, 0.3) is 0 Å². The summed E-state index contributed by atoms with van der Waals surface area (Å²) in [7, 11) is -1.49. The third-order valence-electron chi connectivity index (χ3n) is 3.69. The molecule has 0 radical (unpaired) electrons. The summed E-state index contributed by atoms with van der Waals surface area (Å²) in [6, 6.07) is 0.313. The van der Waals surface area contributed by atoms with Crippen LogP contribution in [0, 0.1) is 0 Å². The summed E-state index contributed by atoms with van der Waals surface area (Å²) in [5.74, 6) is 0. The second kappa shape index (κ2) is 7.57. The zero-order chi connectivity index (χ0) is 14.5. The van der Waals surface area contributed by atoms with Gasteiger partial charge in [0.1, 0.15) is 0 Å². The molecule has 1 rings (SSSR count). The first-order valence-corrected chi connectivity index (χ1v) is 8.75. The molecule has 1 heterocycles. The molecule has 0 bridgehead atoms. The van der Waals surface area contributed by atoms with Crippen LogP contribution in [-0.2, 0) is 10.0 Å². The number of likely N-dealkylation sites (tertiary alicyclic amines) is 1. The molecule has 1 saturated heterocycles. The van der Waals surface area contributed by atoms with Crippen molar-refractivity contribution in [3.05, 3.63) is 0 Å². The molecule has 114 valence electrons. The Morgan fingerprint density at radius 1 is 1.21 bits per heavy atom. The largest absolute Gasteiger partial charge is 0.313 e. The Morgan fingerprint density at radius 3 is 2.32 bits per heavy atom. The zero-order valence-corrected chi connectivity index (χ0v) is 13.5. The molecule has 1 aliphatic rings. The van der Waals surface area contributed by atoms with Gasteiger partial charge in [0.15, 0.2) is 0 Å². The van der Waals surface area contributed by atoms with Gasteiger partial charge >= 0.3 is 0 Å². The summed E-state index contributed by atoms with van der Waals surface area (Å²) < 4.78 is 26.1. The number of nitrogens with zero attached hydrogens (tertiary/aromatic N) is 2. The molecule has 1 unspecified atom stereocenters. The smallest absolute Gasteiger partial charge is 0.217 e. The molecular weight excluding hydrogens is 262 g/mol. The first-order valence-electron chi connectivity index (χ1n) is 7.25. The second-order valence-corrected chi connectivity index (χ2v) is 8.25. The van der Waals surface area contributed by atoms with Gasteiger partial charge in [0.05, 0.1) is 5.25 Å². The average Bonchev–Trinajstić information content (AvgIpc) is 2.85. The molecule has 1 fully saturated rings. The van der Waals surface area contributed by atoms with E-state index in [2.05, 4.69) is 10.2 Å². The molecule has 0 aromatic carbocycles. The van der Waals surface area contributed by atoms with Crippen molar-refractivity contribution in [1.29, 1.82) is 0 Å². The Morgan fingerprint density at radius 2 is 1.79 bits per heavy atom. The lowest BCUT2D eigenvalue weighted by atomic mass is 10.3. The Bertz CT molecular complexity index is 351. The summed E-state index contributed by atoms with van der Waals surface area (Å²) in [4.78, 5) is 2.34. The van der Waals surface area contributed by atoms with Crippen LogP contribution in [0.3, 0.4) is 0 Å². The predicted octanol–water partition coefficient (Wildman–Crippen LogP) is 0.730. The minimum absolute atomic E-state index is 0.313.